The molecule has 0 saturated carbocycles. The lowest BCUT2D eigenvalue weighted by Crippen LogP contribution is -2.38. The molecule has 0 spiro atoms. The van der Waals surface area contributed by atoms with Gasteiger partial charge in [-0.2, -0.15) is 0 Å². The first-order valence-corrected chi connectivity index (χ1v) is 7.87. The summed E-state index contributed by atoms with van der Waals surface area (Å²) in [5.41, 5.74) is 8.38. The number of nitrogens with two attached hydrogens (primary N) is 1. The second-order valence-corrected chi connectivity index (χ2v) is 5.85. The summed E-state index contributed by atoms with van der Waals surface area (Å²) in [5.74, 6) is 0. The van der Waals surface area contributed by atoms with Crippen LogP contribution in [0.4, 0.5) is 11.4 Å². The fourth-order valence-corrected chi connectivity index (χ4v) is 2.57. The number of nitrogens with one attached hydrogen (secondary N) is 1. The smallest absolute Gasteiger partial charge is 0.250 e. The lowest BCUT2D eigenvalue weighted by molar-refractivity contribution is 0.224. The van der Waals surface area contributed by atoms with Crippen LogP contribution < -0.4 is 21.9 Å². The van der Waals surface area contributed by atoms with Crippen LogP contribution in [0.2, 0.25) is 0 Å². The second kappa shape index (κ2) is 6.75. The van der Waals surface area contributed by atoms with E-state index in [9.17, 15) is 14.7 Å². The molecule has 3 rings (SSSR count). The van der Waals surface area contributed by atoms with E-state index in [0.717, 1.165) is 16.8 Å². The van der Waals surface area contributed by atoms with Gasteiger partial charge < -0.3 is 16.2 Å². The average Bonchev–Trinajstić information content (AvgIpc) is 2.61. The molecule has 3 aromatic carbocycles. The van der Waals surface area contributed by atoms with Crippen molar-refractivity contribution in [2.45, 2.75) is 13.2 Å². The van der Waals surface area contributed by atoms with Gasteiger partial charge >= 0.3 is 0 Å². The van der Waals surface area contributed by atoms with Gasteiger partial charge in [-0.3, -0.25) is 9.59 Å². The SMILES string of the molecule is CC(O)Nc1c(-c2ccc(/C=C/c3ccc(N)cc3)cc2)c(=O)c1=O. The number of hydrogen-bond donors (Lipinski definition) is 3. The molecule has 1 atom stereocenters. The zero-order chi connectivity index (χ0) is 18.0. The molecule has 0 heterocycles. The lowest BCUT2D eigenvalue weighted by atomic mass is 9.97. The topological polar surface area (TPSA) is 92.4 Å². The number of aliphatic hydroxyl groups is 1. The maximum atomic E-state index is 11.8. The van der Waals surface area contributed by atoms with Crippen LogP contribution in [-0.4, -0.2) is 11.3 Å². The number of rotatable bonds is 5. The highest BCUT2D eigenvalue weighted by molar-refractivity contribution is 5.82. The molecule has 126 valence electrons. The van der Waals surface area contributed by atoms with Crippen LogP contribution in [0.3, 0.4) is 0 Å². The summed E-state index contributed by atoms with van der Waals surface area (Å²) >= 11 is 0. The van der Waals surface area contributed by atoms with Crippen LogP contribution in [0.1, 0.15) is 18.1 Å². The molecule has 5 heteroatoms. The maximum Gasteiger partial charge on any atom is 0.250 e. The normalized spacial score (nSPS) is 12.6. The van der Waals surface area contributed by atoms with E-state index in [1.807, 2.05) is 48.6 Å². The Kier molecular flexibility index (Phi) is 4.50. The minimum atomic E-state index is -0.899. The molecule has 5 nitrogen and oxygen atoms in total. The Balaban J connectivity index is 1.81. The first kappa shape index (κ1) is 16.7. The molecule has 4 N–H and O–H groups in total. The second-order valence-electron chi connectivity index (χ2n) is 5.85. The Morgan fingerprint density at radius 3 is 1.96 bits per heavy atom. The van der Waals surface area contributed by atoms with Crippen molar-refractivity contribution < 1.29 is 5.11 Å². The van der Waals surface area contributed by atoms with Crippen LogP contribution in [0.25, 0.3) is 23.3 Å². The fourth-order valence-electron chi connectivity index (χ4n) is 2.57. The quantitative estimate of drug-likeness (QED) is 0.288. The van der Waals surface area contributed by atoms with Crippen molar-refractivity contribution in [3.63, 3.8) is 0 Å². The number of nitrogen functional groups attached to an aromatic ring is 1. The number of anilines is 2. The molecule has 0 aromatic heterocycles. The molecule has 0 aliphatic heterocycles. The molecule has 0 aliphatic rings. The molecule has 25 heavy (non-hydrogen) atoms. The van der Waals surface area contributed by atoms with E-state index in [4.69, 9.17) is 5.73 Å². The van der Waals surface area contributed by atoms with Crippen molar-refractivity contribution in [3.8, 4) is 11.1 Å². The summed E-state index contributed by atoms with van der Waals surface area (Å²) < 4.78 is 0. The van der Waals surface area contributed by atoms with E-state index in [1.54, 1.807) is 12.1 Å². The van der Waals surface area contributed by atoms with Gasteiger partial charge in [-0.05, 0) is 35.7 Å². The Bertz CT molecular complexity index is 977. The Morgan fingerprint density at radius 1 is 0.920 bits per heavy atom. The third kappa shape index (κ3) is 3.51. The van der Waals surface area contributed by atoms with Gasteiger partial charge in [-0.15, -0.1) is 0 Å². The van der Waals surface area contributed by atoms with E-state index < -0.39 is 17.1 Å². The third-order valence-corrected chi connectivity index (χ3v) is 3.87. The maximum absolute atomic E-state index is 11.8. The predicted molar refractivity (Wildman–Crippen MR) is 102 cm³/mol. The van der Waals surface area contributed by atoms with Crippen LogP contribution in [0, 0.1) is 0 Å². The van der Waals surface area contributed by atoms with Gasteiger partial charge in [-0.25, -0.2) is 0 Å². The van der Waals surface area contributed by atoms with Crippen LogP contribution in [-0.2, 0) is 0 Å². The van der Waals surface area contributed by atoms with Gasteiger partial charge in [0.15, 0.2) is 0 Å². The number of benzene rings is 2. The highest BCUT2D eigenvalue weighted by atomic mass is 16.3. The van der Waals surface area contributed by atoms with Crippen molar-refractivity contribution >= 4 is 23.5 Å². The number of aliphatic hydroxyl groups excluding tert-OH is 1. The Hall–Kier alpha value is -3.18. The minimum Gasteiger partial charge on any atom is -0.399 e. The minimum absolute atomic E-state index is 0.171. The molecule has 3 aromatic rings. The molecule has 0 fully saturated rings. The average molecular weight is 334 g/mol. The van der Waals surface area contributed by atoms with Crippen LogP contribution >= 0.6 is 0 Å². The van der Waals surface area contributed by atoms with Gasteiger partial charge in [0.1, 0.15) is 11.9 Å². The van der Waals surface area contributed by atoms with Crippen molar-refractivity contribution in [1.82, 2.24) is 0 Å². The largest absolute Gasteiger partial charge is 0.399 e. The van der Waals surface area contributed by atoms with Crippen LogP contribution in [0.5, 0.6) is 0 Å². The van der Waals surface area contributed by atoms with Gasteiger partial charge in [-0.1, -0.05) is 48.6 Å². The summed E-state index contributed by atoms with van der Waals surface area (Å²) in [4.78, 5) is 23.5. The lowest BCUT2D eigenvalue weighted by Gasteiger charge is -2.15. The Labute approximate surface area is 144 Å². The summed E-state index contributed by atoms with van der Waals surface area (Å²) in [7, 11) is 0. The van der Waals surface area contributed by atoms with E-state index in [1.165, 1.54) is 6.92 Å². The predicted octanol–water partition coefficient (Wildman–Crippen LogP) is 2.45. The highest BCUT2D eigenvalue weighted by Crippen LogP contribution is 2.24. The van der Waals surface area contributed by atoms with Crippen molar-refractivity contribution in [1.29, 1.82) is 0 Å². The van der Waals surface area contributed by atoms with E-state index in [2.05, 4.69) is 5.32 Å². The van der Waals surface area contributed by atoms with Gasteiger partial charge in [0, 0.05) is 5.69 Å². The third-order valence-electron chi connectivity index (χ3n) is 3.87. The van der Waals surface area contributed by atoms with Gasteiger partial charge in [0.05, 0.1) is 5.56 Å². The first-order chi connectivity index (χ1) is 12.0. The standard InChI is InChI=1S/C20H18N2O3/c1-12(23)22-18-17(19(24)20(18)25)15-8-4-13(5-9-15)2-3-14-6-10-16(21)11-7-14/h2-12,22-23H,21H2,1H3/b3-2+. The van der Waals surface area contributed by atoms with E-state index in [0.29, 0.717) is 11.1 Å². The van der Waals surface area contributed by atoms with Gasteiger partial charge in [0.2, 0.25) is 10.9 Å². The summed E-state index contributed by atoms with van der Waals surface area (Å²) in [6.07, 6.45) is 3.02. The van der Waals surface area contributed by atoms with E-state index >= 15 is 0 Å². The fraction of sp³-hybridized carbons (Fsp3) is 0.100. The molecule has 0 amide bonds. The summed E-state index contributed by atoms with van der Waals surface area (Å²) in [6, 6.07) is 14.8. The van der Waals surface area contributed by atoms with Crippen LogP contribution in [0.15, 0.2) is 58.1 Å². The molecule has 0 bridgehead atoms. The monoisotopic (exact) mass is 334 g/mol. The van der Waals surface area contributed by atoms with Crippen molar-refractivity contribution in [2.75, 3.05) is 11.1 Å². The molecule has 1 unspecified atom stereocenters. The molecule has 0 aliphatic carbocycles. The van der Waals surface area contributed by atoms with Crippen molar-refractivity contribution in [3.05, 3.63) is 80.1 Å². The van der Waals surface area contributed by atoms with Crippen molar-refractivity contribution in [2.24, 2.45) is 0 Å². The first-order valence-electron chi connectivity index (χ1n) is 7.87. The zero-order valence-corrected chi connectivity index (χ0v) is 13.7. The molecular weight excluding hydrogens is 316 g/mol. The summed E-state index contributed by atoms with van der Waals surface area (Å²) in [6.45, 7) is 1.49. The highest BCUT2D eigenvalue weighted by Gasteiger charge is 2.22. The summed E-state index contributed by atoms with van der Waals surface area (Å²) in [5, 5.41) is 12.0. The van der Waals surface area contributed by atoms with E-state index in [-0.39, 0.29) is 5.69 Å². The molecule has 0 radical (unpaired) electrons. The zero-order valence-electron chi connectivity index (χ0n) is 13.7. The Morgan fingerprint density at radius 2 is 1.44 bits per heavy atom. The molecular formula is C20H18N2O3. The molecule has 0 saturated heterocycles. The number of hydrogen-bond acceptors (Lipinski definition) is 5. The van der Waals surface area contributed by atoms with Gasteiger partial charge in [0.25, 0.3) is 0 Å².